The zero-order chi connectivity index (χ0) is 20.5. The van der Waals surface area contributed by atoms with Crippen molar-refractivity contribution in [2.24, 2.45) is 0 Å². The average Bonchev–Trinajstić information content (AvgIpc) is 2.94. The second-order valence-corrected chi connectivity index (χ2v) is 7.09. The van der Waals surface area contributed by atoms with E-state index in [1.807, 2.05) is 4.90 Å². The molecule has 0 spiro atoms. The average molecular weight is 414 g/mol. The van der Waals surface area contributed by atoms with Crippen LogP contribution in [0.2, 0.25) is 5.02 Å². The Labute approximate surface area is 168 Å². The smallest absolute Gasteiger partial charge is 0.290 e. The highest BCUT2D eigenvalue weighted by Gasteiger charge is 2.24. The van der Waals surface area contributed by atoms with Crippen molar-refractivity contribution in [1.82, 2.24) is 14.7 Å². The van der Waals surface area contributed by atoms with Gasteiger partial charge >= 0.3 is 0 Å². The van der Waals surface area contributed by atoms with Crippen LogP contribution in [0, 0.1) is 5.82 Å². The minimum absolute atomic E-state index is 0.0300. The molecule has 3 rings (SSSR count). The quantitative estimate of drug-likeness (QED) is 0.763. The van der Waals surface area contributed by atoms with Crippen LogP contribution in [-0.2, 0) is 9.59 Å². The van der Waals surface area contributed by atoms with Gasteiger partial charge in [0.05, 0.1) is 10.6 Å². The molecule has 1 N–H and O–H groups in total. The third-order valence-electron chi connectivity index (χ3n) is 4.92. The van der Waals surface area contributed by atoms with Crippen LogP contribution in [0.25, 0.3) is 0 Å². The summed E-state index contributed by atoms with van der Waals surface area (Å²) in [5, 5.41) is 6.86. The van der Waals surface area contributed by atoms with Gasteiger partial charge in [0.15, 0.2) is 5.82 Å². The van der Waals surface area contributed by atoms with E-state index in [4.69, 9.17) is 21.5 Å². The molecule has 9 heteroatoms. The zero-order valence-corrected chi connectivity index (χ0v) is 16.4. The molecule has 2 aliphatic heterocycles. The largest absolute Gasteiger partial charge is 0.483 e. The second-order valence-electron chi connectivity index (χ2n) is 6.68. The van der Waals surface area contributed by atoms with Gasteiger partial charge in [-0.15, -0.1) is 0 Å². The lowest BCUT2D eigenvalue weighted by molar-refractivity contribution is -0.128. The third kappa shape index (κ3) is 5.90. The molecule has 28 heavy (non-hydrogen) atoms. The number of carbonyl (C=O) groups is 3. The maximum atomic E-state index is 14.1. The van der Waals surface area contributed by atoms with Crippen LogP contribution in [0.1, 0.15) is 29.6 Å². The van der Waals surface area contributed by atoms with Gasteiger partial charge in [-0.25, -0.2) is 4.39 Å². The summed E-state index contributed by atoms with van der Waals surface area (Å²) in [5.41, 5.74) is 0.0311. The Bertz CT molecular complexity index is 704. The van der Waals surface area contributed by atoms with Crippen LogP contribution in [0.15, 0.2) is 18.2 Å². The lowest BCUT2D eigenvalue weighted by Gasteiger charge is -2.24. The number of halogens is 2. The molecule has 2 heterocycles. The highest BCUT2D eigenvalue weighted by molar-refractivity contribution is 6.31. The van der Waals surface area contributed by atoms with Gasteiger partial charge in [0.2, 0.25) is 5.91 Å². The van der Waals surface area contributed by atoms with E-state index in [-0.39, 0.29) is 28.9 Å². The monoisotopic (exact) mass is 413 g/mol. The first-order valence-corrected chi connectivity index (χ1v) is 9.67. The molecule has 0 atom stereocenters. The van der Waals surface area contributed by atoms with Crippen molar-refractivity contribution >= 4 is 29.9 Å². The van der Waals surface area contributed by atoms with Gasteiger partial charge in [-0.1, -0.05) is 17.7 Å². The SMILES string of the molecule is O=C1CCCN1CCN1CCCN(C(=O)c2cccc(Cl)c2F)CC1.O=CO. The second kappa shape index (κ2) is 11.0. The number of carboxylic acid groups (broad SMARTS) is 1. The van der Waals surface area contributed by atoms with Gasteiger partial charge in [-0.2, -0.15) is 0 Å². The van der Waals surface area contributed by atoms with Crippen molar-refractivity contribution in [1.29, 1.82) is 0 Å². The van der Waals surface area contributed by atoms with Crippen LogP contribution < -0.4 is 0 Å². The van der Waals surface area contributed by atoms with E-state index in [2.05, 4.69) is 4.90 Å². The standard InChI is InChI=1S/C18H23ClFN3O2.CH2O2/c19-15-5-1-4-14(17(15)20)18(25)23-9-3-7-21(11-13-23)10-12-22-8-2-6-16(22)24;2-1-3/h1,4-5H,2-3,6-13H2;1H,(H,2,3). The molecule has 0 aliphatic carbocycles. The fraction of sp³-hybridized carbons (Fsp3) is 0.526. The summed E-state index contributed by atoms with van der Waals surface area (Å²) in [4.78, 5) is 38.5. The predicted octanol–water partition coefficient (Wildman–Crippen LogP) is 1.95. The fourth-order valence-corrected chi connectivity index (χ4v) is 3.61. The molecule has 154 valence electrons. The van der Waals surface area contributed by atoms with E-state index >= 15 is 0 Å². The van der Waals surface area contributed by atoms with Crippen molar-refractivity contribution in [2.75, 3.05) is 45.8 Å². The zero-order valence-electron chi connectivity index (χ0n) is 15.6. The van der Waals surface area contributed by atoms with Crippen molar-refractivity contribution in [3.8, 4) is 0 Å². The Balaban J connectivity index is 0.000000878. The molecule has 1 aromatic carbocycles. The van der Waals surface area contributed by atoms with Crippen LogP contribution in [0.5, 0.6) is 0 Å². The minimum Gasteiger partial charge on any atom is -0.483 e. The van der Waals surface area contributed by atoms with Crippen LogP contribution in [0.4, 0.5) is 4.39 Å². The first-order chi connectivity index (χ1) is 13.5. The van der Waals surface area contributed by atoms with E-state index in [1.54, 1.807) is 11.0 Å². The van der Waals surface area contributed by atoms with E-state index in [9.17, 15) is 14.0 Å². The molecule has 2 aliphatic rings. The molecule has 0 aromatic heterocycles. The van der Waals surface area contributed by atoms with Gasteiger partial charge < -0.3 is 14.9 Å². The molecule has 2 fully saturated rings. The summed E-state index contributed by atoms with van der Waals surface area (Å²) in [6, 6.07) is 4.51. The van der Waals surface area contributed by atoms with Crippen LogP contribution in [0.3, 0.4) is 0 Å². The molecule has 0 bridgehead atoms. The summed E-state index contributed by atoms with van der Waals surface area (Å²) >= 11 is 5.78. The summed E-state index contributed by atoms with van der Waals surface area (Å²) < 4.78 is 14.1. The number of rotatable bonds is 4. The lowest BCUT2D eigenvalue weighted by Crippen LogP contribution is -2.39. The number of nitrogens with zero attached hydrogens (tertiary/aromatic N) is 3. The summed E-state index contributed by atoms with van der Waals surface area (Å²) in [7, 11) is 0. The van der Waals surface area contributed by atoms with Crippen molar-refractivity contribution in [2.45, 2.75) is 19.3 Å². The molecule has 0 unspecified atom stereocenters. The number of benzene rings is 1. The molecular formula is C19H25ClFN3O4. The first-order valence-electron chi connectivity index (χ1n) is 9.29. The first kappa shape index (κ1) is 22.1. The summed E-state index contributed by atoms with van der Waals surface area (Å²) in [6.07, 6.45) is 2.45. The van der Waals surface area contributed by atoms with Crippen molar-refractivity contribution in [3.63, 3.8) is 0 Å². The van der Waals surface area contributed by atoms with E-state index in [0.717, 1.165) is 45.6 Å². The summed E-state index contributed by atoms with van der Waals surface area (Å²) in [6.45, 7) is 4.93. The molecule has 0 radical (unpaired) electrons. The number of hydrogen-bond donors (Lipinski definition) is 1. The van der Waals surface area contributed by atoms with Gasteiger partial charge in [0.1, 0.15) is 0 Å². The van der Waals surface area contributed by atoms with Crippen molar-refractivity contribution in [3.05, 3.63) is 34.6 Å². The highest BCUT2D eigenvalue weighted by Crippen LogP contribution is 2.20. The van der Waals surface area contributed by atoms with Gasteiger partial charge in [-0.3, -0.25) is 19.3 Å². The third-order valence-corrected chi connectivity index (χ3v) is 5.21. The van der Waals surface area contributed by atoms with Gasteiger partial charge in [0, 0.05) is 45.7 Å². The molecule has 1 aromatic rings. The number of carbonyl (C=O) groups excluding carboxylic acids is 2. The van der Waals surface area contributed by atoms with Gasteiger partial charge in [0.25, 0.3) is 12.4 Å². The number of hydrogen-bond acceptors (Lipinski definition) is 4. The molecule has 7 nitrogen and oxygen atoms in total. The summed E-state index contributed by atoms with van der Waals surface area (Å²) in [5.74, 6) is -0.720. The Morgan fingerprint density at radius 1 is 1.14 bits per heavy atom. The highest BCUT2D eigenvalue weighted by atomic mass is 35.5. The molecule has 2 saturated heterocycles. The Morgan fingerprint density at radius 3 is 2.57 bits per heavy atom. The Hall–Kier alpha value is -2.19. The van der Waals surface area contributed by atoms with E-state index in [0.29, 0.717) is 19.5 Å². The minimum atomic E-state index is -0.650. The number of amides is 2. The fourth-order valence-electron chi connectivity index (χ4n) is 3.44. The lowest BCUT2D eigenvalue weighted by atomic mass is 10.2. The normalized spacial score (nSPS) is 17.7. The topological polar surface area (TPSA) is 81.2 Å². The maximum absolute atomic E-state index is 14.1. The van der Waals surface area contributed by atoms with Crippen LogP contribution in [-0.4, -0.2) is 83.9 Å². The Kier molecular flexibility index (Phi) is 8.66. The Morgan fingerprint density at radius 2 is 1.89 bits per heavy atom. The molecule has 0 saturated carbocycles. The van der Waals surface area contributed by atoms with Crippen molar-refractivity contribution < 1.29 is 23.9 Å². The van der Waals surface area contributed by atoms with Gasteiger partial charge in [-0.05, 0) is 31.5 Å². The van der Waals surface area contributed by atoms with E-state index < -0.39 is 5.82 Å². The van der Waals surface area contributed by atoms with Crippen LogP contribution >= 0.6 is 11.6 Å². The predicted molar refractivity (Wildman–Crippen MR) is 103 cm³/mol. The number of likely N-dealkylation sites (tertiary alicyclic amines) is 1. The molecular weight excluding hydrogens is 389 g/mol. The molecule has 2 amide bonds. The van der Waals surface area contributed by atoms with E-state index in [1.165, 1.54) is 12.1 Å². The maximum Gasteiger partial charge on any atom is 0.290 e.